The van der Waals surface area contributed by atoms with E-state index in [4.69, 9.17) is 12.2 Å². The van der Waals surface area contributed by atoms with E-state index in [1.54, 1.807) is 0 Å². The van der Waals surface area contributed by atoms with E-state index < -0.39 is 0 Å². The van der Waals surface area contributed by atoms with Gasteiger partial charge in [0.05, 0.1) is 6.42 Å². The van der Waals surface area contributed by atoms with Gasteiger partial charge in [-0.1, -0.05) is 24.3 Å². The summed E-state index contributed by atoms with van der Waals surface area (Å²) in [7, 11) is 0. The van der Waals surface area contributed by atoms with E-state index >= 15 is 0 Å². The van der Waals surface area contributed by atoms with Crippen LogP contribution in [0.4, 0.5) is 0 Å². The van der Waals surface area contributed by atoms with Crippen LogP contribution in [-0.4, -0.2) is 17.4 Å². The van der Waals surface area contributed by atoms with Gasteiger partial charge >= 0.3 is 0 Å². The van der Waals surface area contributed by atoms with Crippen LogP contribution in [0.1, 0.15) is 21.7 Å². The van der Waals surface area contributed by atoms with Gasteiger partial charge in [0.2, 0.25) is 5.91 Å². The number of amides is 1. The zero-order chi connectivity index (χ0) is 14.5. The number of aryl methyl sites for hydroxylation is 2. The minimum Gasteiger partial charge on any atom is -0.355 e. The maximum atomic E-state index is 11.9. The number of carbonyl (C=O) groups excluding carboxylic acids is 1. The Labute approximate surface area is 128 Å². The van der Waals surface area contributed by atoms with Crippen LogP contribution in [0, 0.1) is 17.8 Å². The second-order valence-corrected chi connectivity index (χ2v) is 6.54. The Bertz CT molecular complexity index is 658. The summed E-state index contributed by atoms with van der Waals surface area (Å²) in [5.74, 6) is 0.0481. The number of aromatic nitrogens is 1. The number of thiazole rings is 1. The Morgan fingerprint density at radius 2 is 2.10 bits per heavy atom. The summed E-state index contributed by atoms with van der Waals surface area (Å²) in [6, 6.07) is 8.25. The first-order chi connectivity index (χ1) is 9.56. The molecule has 0 saturated heterocycles. The summed E-state index contributed by atoms with van der Waals surface area (Å²) in [6.45, 7) is 4.70. The van der Waals surface area contributed by atoms with E-state index in [0.717, 1.165) is 20.9 Å². The third-order valence-electron chi connectivity index (χ3n) is 3.22. The summed E-state index contributed by atoms with van der Waals surface area (Å²) in [5.41, 5.74) is 3.54. The number of carbonyl (C=O) groups is 1. The fourth-order valence-corrected chi connectivity index (χ4v) is 3.33. The van der Waals surface area contributed by atoms with Gasteiger partial charge in [0.15, 0.2) is 3.95 Å². The van der Waals surface area contributed by atoms with Crippen LogP contribution in [-0.2, 0) is 17.6 Å². The molecule has 1 heterocycles. The summed E-state index contributed by atoms with van der Waals surface area (Å²) in [5, 5.41) is 2.96. The van der Waals surface area contributed by atoms with Crippen molar-refractivity contribution in [3.05, 3.63) is 49.9 Å². The molecule has 3 nitrogen and oxygen atoms in total. The highest BCUT2D eigenvalue weighted by Gasteiger charge is 2.08. The van der Waals surface area contributed by atoms with Gasteiger partial charge in [-0.05, 0) is 43.6 Å². The van der Waals surface area contributed by atoms with E-state index in [9.17, 15) is 4.79 Å². The SMILES string of the molecule is Cc1ccccc1CCNC(=O)Cc1sc(=S)[nH]c1C. The van der Waals surface area contributed by atoms with E-state index in [-0.39, 0.29) is 5.91 Å². The molecule has 2 aromatic rings. The Morgan fingerprint density at radius 1 is 1.35 bits per heavy atom. The standard InChI is InChI=1S/C15H18N2OS2/c1-10-5-3-4-6-12(10)7-8-16-14(18)9-13-11(2)17-15(19)20-13/h3-6H,7-9H2,1-2H3,(H,16,18)(H,17,19). The molecule has 0 fully saturated rings. The number of H-pyrrole nitrogens is 1. The van der Waals surface area contributed by atoms with E-state index in [1.165, 1.54) is 22.5 Å². The highest BCUT2D eigenvalue weighted by atomic mass is 32.1. The molecular formula is C15H18N2OS2. The lowest BCUT2D eigenvalue weighted by molar-refractivity contribution is -0.120. The van der Waals surface area contributed by atoms with Gasteiger partial charge in [-0.3, -0.25) is 4.79 Å². The Hall–Kier alpha value is -1.46. The molecule has 0 aliphatic carbocycles. The fraction of sp³-hybridized carbons (Fsp3) is 0.333. The molecule has 0 aliphatic heterocycles. The molecule has 0 unspecified atom stereocenters. The zero-order valence-corrected chi connectivity index (χ0v) is 13.3. The molecule has 0 bridgehead atoms. The van der Waals surface area contributed by atoms with Crippen LogP contribution >= 0.6 is 23.6 Å². The van der Waals surface area contributed by atoms with Crippen LogP contribution in [0.2, 0.25) is 0 Å². The Kier molecular flexibility index (Phi) is 5.09. The van der Waals surface area contributed by atoms with Crippen LogP contribution in [0.15, 0.2) is 24.3 Å². The van der Waals surface area contributed by atoms with Gasteiger partial charge in [0.25, 0.3) is 0 Å². The highest BCUT2D eigenvalue weighted by Crippen LogP contribution is 2.15. The maximum absolute atomic E-state index is 11.9. The number of hydrogen-bond donors (Lipinski definition) is 2. The minimum absolute atomic E-state index is 0.0481. The van der Waals surface area contributed by atoms with Crippen molar-refractivity contribution in [2.24, 2.45) is 0 Å². The van der Waals surface area contributed by atoms with Crippen LogP contribution in [0.25, 0.3) is 0 Å². The van der Waals surface area contributed by atoms with Crippen molar-refractivity contribution >= 4 is 29.5 Å². The normalized spacial score (nSPS) is 10.5. The van der Waals surface area contributed by atoms with Crippen LogP contribution in [0.5, 0.6) is 0 Å². The monoisotopic (exact) mass is 306 g/mol. The van der Waals surface area contributed by atoms with Crippen LogP contribution in [0.3, 0.4) is 0 Å². The molecule has 2 N–H and O–H groups in total. The first kappa shape index (κ1) is 14.9. The molecule has 1 amide bonds. The summed E-state index contributed by atoms with van der Waals surface area (Å²) < 4.78 is 0.727. The van der Waals surface area contributed by atoms with Gasteiger partial charge in [-0.2, -0.15) is 0 Å². The van der Waals surface area contributed by atoms with Crippen molar-refractivity contribution < 1.29 is 4.79 Å². The van der Waals surface area contributed by atoms with E-state index in [1.807, 2.05) is 19.1 Å². The number of nitrogens with one attached hydrogen (secondary N) is 2. The molecule has 0 aliphatic rings. The lowest BCUT2D eigenvalue weighted by Gasteiger charge is -2.07. The number of rotatable bonds is 5. The van der Waals surface area contributed by atoms with Crippen LogP contribution < -0.4 is 5.32 Å². The highest BCUT2D eigenvalue weighted by molar-refractivity contribution is 7.73. The van der Waals surface area contributed by atoms with Crippen molar-refractivity contribution in [2.75, 3.05) is 6.54 Å². The van der Waals surface area contributed by atoms with E-state index in [0.29, 0.717) is 13.0 Å². The van der Waals surface area contributed by atoms with E-state index in [2.05, 4.69) is 29.4 Å². The Balaban J connectivity index is 1.83. The molecule has 0 saturated carbocycles. The molecule has 20 heavy (non-hydrogen) atoms. The quantitative estimate of drug-likeness (QED) is 0.832. The molecule has 0 atom stereocenters. The average molecular weight is 306 g/mol. The molecule has 5 heteroatoms. The van der Waals surface area contributed by atoms with Gasteiger partial charge in [0, 0.05) is 17.1 Å². The van der Waals surface area contributed by atoms with Gasteiger partial charge in [0.1, 0.15) is 0 Å². The average Bonchev–Trinajstić information content (AvgIpc) is 2.70. The summed E-state index contributed by atoms with van der Waals surface area (Å²) >= 11 is 6.54. The largest absolute Gasteiger partial charge is 0.355 e. The van der Waals surface area contributed by atoms with Crippen molar-refractivity contribution in [2.45, 2.75) is 26.7 Å². The predicted octanol–water partition coefficient (Wildman–Crippen LogP) is 3.32. The first-order valence-electron chi connectivity index (χ1n) is 6.56. The second-order valence-electron chi connectivity index (χ2n) is 4.77. The van der Waals surface area contributed by atoms with Gasteiger partial charge in [-0.25, -0.2) is 0 Å². The third kappa shape index (κ3) is 4.02. The zero-order valence-electron chi connectivity index (χ0n) is 11.7. The third-order valence-corrected chi connectivity index (χ3v) is 4.56. The smallest absolute Gasteiger partial charge is 0.225 e. The molecule has 1 aromatic heterocycles. The minimum atomic E-state index is 0.0481. The summed E-state index contributed by atoms with van der Waals surface area (Å²) in [4.78, 5) is 16.0. The molecule has 1 aromatic carbocycles. The molecule has 0 radical (unpaired) electrons. The van der Waals surface area contributed by atoms with Crippen molar-refractivity contribution in [1.29, 1.82) is 0 Å². The maximum Gasteiger partial charge on any atom is 0.225 e. The molecule has 106 valence electrons. The predicted molar refractivity (Wildman–Crippen MR) is 85.8 cm³/mol. The topological polar surface area (TPSA) is 44.9 Å². The Morgan fingerprint density at radius 3 is 2.75 bits per heavy atom. The first-order valence-corrected chi connectivity index (χ1v) is 7.78. The van der Waals surface area contributed by atoms with Crippen molar-refractivity contribution in [3.63, 3.8) is 0 Å². The number of hydrogen-bond acceptors (Lipinski definition) is 3. The van der Waals surface area contributed by atoms with Gasteiger partial charge < -0.3 is 10.3 Å². The van der Waals surface area contributed by atoms with Crippen molar-refractivity contribution in [1.82, 2.24) is 10.3 Å². The second kappa shape index (κ2) is 6.81. The molecule has 0 spiro atoms. The molecular weight excluding hydrogens is 288 g/mol. The number of benzene rings is 1. The van der Waals surface area contributed by atoms with Gasteiger partial charge in [-0.15, -0.1) is 11.3 Å². The van der Waals surface area contributed by atoms with Crippen molar-refractivity contribution in [3.8, 4) is 0 Å². The summed E-state index contributed by atoms with van der Waals surface area (Å²) in [6.07, 6.45) is 1.26. The number of aromatic amines is 1. The fourth-order valence-electron chi connectivity index (χ4n) is 2.04. The lowest BCUT2D eigenvalue weighted by Crippen LogP contribution is -2.27. The lowest BCUT2D eigenvalue weighted by atomic mass is 10.1. The molecule has 2 rings (SSSR count).